The second-order valence-corrected chi connectivity index (χ2v) is 7.26. The van der Waals surface area contributed by atoms with E-state index in [1.165, 1.54) is 4.74 Å². The second-order valence-electron chi connectivity index (χ2n) is 7.26. The molecule has 1 aromatic carbocycles. The molecule has 0 fully saturated rings. The zero-order valence-electron chi connectivity index (χ0n) is 18.2. The Labute approximate surface area is 207 Å². The largest absolute Gasteiger partial charge is 0.478 e. The molecule has 1 rings (SSSR count). The van der Waals surface area contributed by atoms with Gasteiger partial charge in [0.2, 0.25) is 0 Å². The molecular weight excluding hydrogens is 620 g/mol. The maximum atomic E-state index is 14.5. The first-order valence-electron chi connectivity index (χ1n) is 9.09. The van der Waals surface area contributed by atoms with Crippen LogP contribution in [0.1, 0.15) is 27.6 Å². The highest BCUT2D eigenvalue weighted by Crippen LogP contribution is 2.56. The van der Waals surface area contributed by atoms with E-state index in [2.05, 4.69) is 9.47 Å². The molecule has 0 radical (unpaired) electrons. The summed E-state index contributed by atoms with van der Waals surface area (Å²) in [5.74, 6) is -28.0. The van der Waals surface area contributed by atoms with Crippen LogP contribution in [0.5, 0.6) is 5.75 Å². The van der Waals surface area contributed by atoms with Crippen molar-refractivity contribution >= 4 is 11.9 Å². The highest BCUT2D eigenvalue weighted by atomic mass is 19.4. The molecule has 7 nitrogen and oxygen atoms in total. The lowest BCUT2D eigenvalue weighted by Crippen LogP contribution is -2.67. The van der Waals surface area contributed by atoms with Crippen molar-refractivity contribution in [1.82, 2.24) is 0 Å². The molecule has 230 valence electrons. The average Bonchev–Trinajstić information content (AvgIpc) is 2.69. The van der Waals surface area contributed by atoms with Gasteiger partial charge in [-0.05, 0) is 18.2 Å². The Kier molecular flexibility index (Phi) is 8.69. The molecule has 0 aliphatic carbocycles. The van der Waals surface area contributed by atoms with E-state index in [4.69, 9.17) is 10.2 Å². The van der Waals surface area contributed by atoms with E-state index in [9.17, 15) is 79.8 Å². The quantitative estimate of drug-likeness (QED) is 0.274. The Morgan fingerprint density at radius 1 is 0.650 bits per heavy atom. The lowest BCUT2D eigenvalue weighted by Gasteiger charge is -2.40. The molecule has 2 atom stereocenters. The Bertz CT molecular complexity index is 1130. The minimum Gasteiger partial charge on any atom is -0.478 e. The van der Waals surface area contributed by atoms with Crippen molar-refractivity contribution in [3.63, 3.8) is 0 Å². The summed E-state index contributed by atoms with van der Waals surface area (Å²) in [6.07, 6.45) is -37.3. The third-order valence-corrected chi connectivity index (χ3v) is 4.27. The van der Waals surface area contributed by atoms with Crippen LogP contribution in [-0.4, -0.2) is 70.5 Å². The Balaban J connectivity index is 3.60. The fraction of sp³-hybridized carbons (Fsp3) is 0.529. The van der Waals surface area contributed by atoms with Crippen LogP contribution in [0.15, 0.2) is 18.2 Å². The summed E-state index contributed by atoms with van der Waals surface area (Å²) in [5.41, 5.74) is -2.62. The van der Waals surface area contributed by atoms with Crippen LogP contribution in [0.2, 0.25) is 0 Å². The van der Waals surface area contributed by atoms with Crippen LogP contribution in [0.3, 0.4) is 0 Å². The number of hydrogen-bond donors (Lipinski definition) is 2. The number of carboxylic acid groups (broad SMARTS) is 2. The topological polar surface area (TPSA) is 102 Å². The fourth-order valence-corrected chi connectivity index (χ4v) is 2.20. The summed E-state index contributed by atoms with van der Waals surface area (Å²) in [5, 5.41) is 17.7. The van der Waals surface area contributed by atoms with Crippen LogP contribution in [0, 0.1) is 0 Å². The van der Waals surface area contributed by atoms with E-state index in [0.717, 1.165) is 0 Å². The summed E-state index contributed by atoms with van der Waals surface area (Å²) in [6, 6.07) is 0.465. The lowest BCUT2D eigenvalue weighted by atomic mass is 10.1. The number of rotatable bonds is 11. The number of ether oxygens (including phenoxy) is 3. The van der Waals surface area contributed by atoms with Gasteiger partial charge in [-0.25, -0.2) is 14.0 Å². The first-order chi connectivity index (χ1) is 17.4. The van der Waals surface area contributed by atoms with Crippen molar-refractivity contribution in [2.75, 3.05) is 0 Å². The smallest absolute Gasteiger partial charge is 0.462 e. The van der Waals surface area contributed by atoms with Crippen LogP contribution >= 0.6 is 0 Å². The molecule has 2 N–H and O–H groups in total. The van der Waals surface area contributed by atoms with Gasteiger partial charge in [0.05, 0.1) is 5.56 Å². The third-order valence-electron chi connectivity index (χ3n) is 4.27. The highest BCUT2D eigenvalue weighted by Gasteiger charge is 2.84. The van der Waals surface area contributed by atoms with Crippen LogP contribution in [0.4, 0.5) is 70.2 Å². The maximum absolute atomic E-state index is 14.5. The number of carboxylic acids is 2. The Hall–Kier alpha value is -3.24. The molecule has 0 saturated heterocycles. The number of alkyl halides is 16. The predicted molar refractivity (Wildman–Crippen MR) is 88.4 cm³/mol. The second kappa shape index (κ2) is 9.99. The van der Waals surface area contributed by atoms with Crippen molar-refractivity contribution in [2.24, 2.45) is 0 Å². The van der Waals surface area contributed by atoms with Gasteiger partial charge in [0.25, 0.3) is 0 Å². The molecular formula is C17H8F16O7. The zero-order valence-corrected chi connectivity index (χ0v) is 18.2. The Morgan fingerprint density at radius 2 is 1.12 bits per heavy atom. The summed E-state index contributed by atoms with van der Waals surface area (Å²) in [4.78, 5) is 22.0. The van der Waals surface area contributed by atoms with Gasteiger partial charge in [-0.1, -0.05) is 0 Å². The van der Waals surface area contributed by atoms with Gasteiger partial charge in [-0.15, -0.1) is 0 Å². The number of carbonyl (C=O) groups is 2. The summed E-state index contributed by atoms with van der Waals surface area (Å²) in [6.45, 7) is -1.05. The van der Waals surface area contributed by atoms with E-state index >= 15 is 0 Å². The highest BCUT2D eigenvalue weighted by molar-refractivity contribution is 5.94. The molecule has 0 aliphatic heterocycles. The van der Waals surface area contributed by atoms with Gasteiger partial charge < -0.3 is 14.9 Å². The molecule has 0 heterocycles. The summed E-state index contributed by atoms with van der Waals surface area (Å²) in [7, 11) is 0. The van der Waals surface area contributed by atoms with Crippen molar-refractivity contribution in [3.8, 4) is 5.75 Å². The number of aromatic carboxylic acids is 2. The first-order valence-corrected chi connectivity index (χ1v) is 9.09. The van der Waals surface area contributed by atoms with E-state index in [1.54, 1.807) is 0 Å². The van der Waals surface area contributed by atoms with Gasteiger partial charge in [-0.3, -0.25) is 9.47 Å². The van der Waals surface area contributed by atoms with Gasteiger partial charge in [0.15, 0.2) is 0 Å². The number of benzene rings is 1. The third kappa shape index (κ3) is 6.23. The monoisotopic (exact) mass is 628 g/mol. The van der Waals surface area contributed by atoms with E-state index in [-0.39, 0.29) is 12.1 Å². The van der Waals surface area contributed by atoms with E-state index < -0.39 is 84.0 Å². The van der Waals surface area contributed by atoms with E-state index in [0.29, 0.717) is 6.07 Å². The number of hydrogen-bond acceptors (Lipinski definition) is 5. The van der Waals surface area contributed by atoms with Crippen molar-refractivity contribution in [3.05, 3.63) is 29.3 Å². The van der Waals surface area contributed by atoms with Crippen LogP contribution < -0.4 is 4.74 Å². The van der Waals surface area contributed by atoms with Gasteiger partial charge >= 0.3 is 60.2 Å². The van der Waals surface area contributed by atoms with Gasteiger partial charge in [0.1, 0.15) is 11.3 Å². The van der Waals surface area contributed by atoms with Crippen LogP contribution in [-0.2, 0) is 9.47 Å². The molecule has 0 bridgehead atoms. The minimum absolute atomic E-state index is 0.133. The van der Waals surface area contributed by atoms with E-state index in [1.807, 2.05) is 0 Å². The zero-order chi connectivity index (χ0) is 32.1. The summed E-state index contributed by atoms with van der Waals surface area (Å²) >= 11 is 0. The van der Waals surface area contributed by atoms with Crippen molar-refractivity contribution < 1.29 is 104 Å². The molecule has 23 heteroatoms. The Morgan fingerprint density at radius 3 is 1.50 bits per heavy atom. The normalized spacial score (nSPS) is 17.1. The van der Waals surface area contributed by atoms with Crippen LogP contribution in [0.25, 0.3) is 0 Å². The summed E-state index contributed by atoms with van der Waals surface area (Å²) < 4.78 is 220. The minimum atomic E-state index is -7.93. The lowest BCUT2D eigenvalue weighted by molar-refractivity contribution is -0.552. The molecule has 0 aliphatic rings. The molecule has 0 aromatic heterocycles. The molecule has 1 aromatic rings. The average molecular weight is 628 g/mol. The predicted octanol–water partition coefficient (Wildman–Crippen LogP) is 6.38. The number of halogens is 16. The SMILES string of the molecule is CC(F)(OC(F)(F)C(F)(OC(F)(F)C(F)(F)C(F)(F)F)C(F)(F)F)C(F)(F)Oc1cc(C(=O)O)ccc1C(=O)O. The molecule has 2 unspecified atom stereocenters. The van der Waals surface area contributed by atoms with Gasteiger partial charge in [0, 0.05) is 6.92 Å². The van der Waals surface area contributed by atoms with Crippen molar-refractivity contribution in [1.29, 1.82) is 0 Å². The molecule has 0 amide bonds. The van der Waals surface area contributed by atoms with Crippen molar-refractivity contribution in [2.45, 2.75) is 55.2 Å². The maximum Gasteiger partial charge on any atom is 0.462 e. The first kappa shape index (κ1) is 34.8. The fourth-order valence-electron chi connectivity index (χ4n) is 2.20. The van der Waals surface area contributed by atoms with Gasteiger partial charge in [-0.2, -0.15) is 65.9 Å². The molecule has 40 heavy (non-hydrogen) atoms. The standard InChI is InChI=1S/C17H8F16O7/c1-10(18,15(28,29)38-7-4-5(8(34)35)2-3-6(7)9(36)37)39-17(32,33)12(21,14(25,26)27)40-16(30,31)11(19,20)13(22,23)24/h2-4H,1H3,(H,34,35)(H,36,37). The molecule has 0 saturated carbocycles. The molecule has 0 spiro atoms.